The van der Waals surface area contributed by atoms with E-state index in [0.717, 1.165) is 0 Å². The summed E-state index contributed by atoms with van der Waals surface area (Å²) >= 11 is 0. The molecule has 1 saturated carbocycles. The number of halogens is 2. The quantitative estimate of drug-likeness (QED) is 0.335. The summed E-state index contributed by atoms with van der Waals surface area (Å²) in [4.78, 5) is 43.6. The highest BCUT2D eigenvalue weighted by Crippen LogP contribution is 2.43. The number of rotatable bonds is 8. The third kappa shape index (κ3) is 4.45. The van der Waals surface area contributed by atoms with Gasteiger partial charge in [-0.15, -0.1) is 0 Å². The molecule has 2 amide bonds. The molecule has 9 nitrogen and oxygen atoms in total. The number of nitrogens with zero attached hydrogens (tertiary/aromatic N) is 3. The molecule has 0 spiro atoms. The lowest BCUT2D eigenvalue weighted by molar-refractivity contribution is -0.118. The maximum absolute atomic E-state index is 13.6. The van der Waals surface area contributed by atoms with Crippen LogP contribution in [0.4, 0.5) is 14.5 Å². The Balaban J connectivity index is 1.63. The first-order valence-corrected chi connectivity index (χ1v) is 11.2. The number of H-pyrrole nitrogens is 1. The monoisotopic (exact) mass is 484 g/mol. The van der Waals surface area contributed by atoms with Crippen molar-refractivity contribution in [2.45, 2.75) is 52.6 Å². The van der Waals surface area contributed by atoms with Gasteiger partial charge in [0.05, 0.1) is 17.8 Å². The van der Waals surface area contributed by atoms with E-state index in [2.05, 4.69) is 25.8 Å². The summed E-state index contributed by atoms with van der Waals surface area (Å²) in [6.07, 6.45) is 1.16. The van der Waals surface area contributed by atoms with Crippen LogP contribution in [0.5, 0.6) is 0 Å². The van der Waals surface area contributed by atoms with Crippen molar-refractivity contribution in [3.05, 3.63) is 63.7 Å². The van der Waals surface area contributed by atoms with Crippen LogP contribution in [0.2, 0.25) is 0 Å². The molecule has 2 aromatic heterocycles. The number of carbonyl (C=O) groups is 3. The molecule has 0 saturated heterocycles. The Morgan fingerprint density at radius 3 is 2.46 bits per heavy atom. The molecule has 0 radical (unpaired) electrons. The van der Waals surface area contributed by atoms with Crippen molar-refractivity contribution >= 4 is 23.3 Å². The van der Waals surface area contributed by atoms with Crippen LogP contribution in [-0.4, -0.2) is 44.0 Å². The number of hydrogen-bond acceptors (Lipinski definition) is 5. The van der Waals surface area contributed by atoms with Crippen LogP contribution in [0, 0.1) is 33.5 Å². The molecule has 0 aliphatic heterocycles. The normalized spacial score (nSPS) is 14.0. The average molecular weight is 485 g/mol. The second-order valence-corrected chi connectivity index (χ2v) is 8.80. The SMILES string of the molecule is Cc1nc(C2(NC(=O)C(=O)c3c(C)c(C(=O)Nc4ccc(F)c(C)c4)c(C)n3CCF)CC2)n[nH]1. The Labute approximate surface area is 200 Å². The number of hydrogen-bond donors (Lipinski definition) is 3. The molecule has 3 aromatic rings. The Morgan fingerprint density at radius 1 is 1.17 bits per heavy atom. The highest BCUT2D eigenvalue weighted by molar-refractivity contribution is 6.43. The highest BCUT2D eigenvalue weighted by atomic mass is 19.1. The second-order valence-electron chi connectivity index (χ2n) is 8.80. The predicted molar refractivity (Wildman–Crippen MR) is 123 cm³/mol. The number of aromatic amines is 1. The van der Waals surface area contributed by atoms with Gasteiger partial charge in [0.15, 0.2) is 5.82 Å². The number of carbonyl (C=O) groups excluding carboxylic acids is 3. The van der Waals surface area contributed by atoms with Gasteiger partial charge >= 0.3 is 0 Å². The predicted octanol–water partition coefficient (Wildman–Crippen LogP) is 3.19. The van der Waals surface area contributed by atoms with Gasteiger partial charge in [0.2, 0.25) is 0 Å². The fourth-order valence-corrected chi connectivity index (χ4v) is 4.27. The molecule has 1 fully saturated rings. The van der Waals surface area contributed by atoms with E-state index < -0.39 is 35.6 Å². The fraction of sp³-hybridized carbons (Fsp3) is 0.375. The number of aromatic nitrogens is 4. The minimum Gasteiger partial charge on any atom is -0.338 e. The van der Waals surface area contributed by atoms with E-state index in [9.17, 15) is 23.2 Å². The van der Waals surface area contributed by atoms with Gasteiger partial charge in [-0.1, -0.05) is 0 Å². The molecule has 1 aliphatic rings. The molecule has 2 heterocycles. The maximum Gasteiger partial charge on any atom is 0.294 e. The van der Waals surface area contributed by atoms with E-state index in [0.29, 0.717) is 41.4 Å². The van der Waals surface area contributed by atoms with Gasteiger partial charge in [0, 0.05) is 11.4 Å². The van der Waals surface area contributed by atoms with Crippen LogP contribution in [0.25, 0.3) is 0 Å². The Kier molecular flexibility index (Phi) is 6.27. The molecule has 35 heavy (non-hydrogen) atoms. The lowest BCUT2D eigenvalue weighted by Crippen LogP contribution is -2.41. The molecule has 4 rings (SSSR count). The summed E-state index contributed by atoms with van der Waals surface area (Å²) < 4.78 is 28.3. The Hall–Kier alpha value is -3.89. The maximum atomic E-state index is 13.6. The van der Waals surface area contributed by atoms with Crippen molar-refractivity contribution in [1.29, 1.82) is 0 Å². The number of amides is 2. The number of nitrogens with one attached hydrogen (secondary N) is 3. The molecule has 184 valence electrons. The van der Waals surface area contributed by atoms with E-state index in [1.54, 1.807) is 27.7 Å². The Morgan fingerprint density at radius 2 is 1.89 bits per heavy atom. The van der Waals surface area contributed by atoms with Crippen LogP contribution in [0.3, 0.4) is 0 Å². The first kappa shape index (κ1) is 24.2. The number of anilines is 1. The molecule has 1 aliphatic carbocycles. The van der Waals surface area contributed by atoms with Crippen LogP contribution >= 0.6 is 0 Å². The largest absolute Gasteiger partial charge is 0.338 e. The van der Waals surface area contributed by atoms with Crippen molar-refractivity contribution in [3.8, 4) is 0 Å². The summed E-state index contributed by atoms with van der Waals surface area (Å²) in [7, 11) is 0. The Bertz CT molecular complexity index is 1340. The average Bonchev–Trinajstić information content (AvgIpc) is 3.37. The van der Waals surface area contributed by atoms with Crippen LogP contribution in [-0.2, 0) is 16.9 Å². The van der Waals surface area contributed by atoms with Crippen molar-refractivity contribution in [2.24, 2.45) is 0 Å². The minimum absolute atomic E-state index is 0.0555. The van der Waals surface area contributed by atoms with Crippen molar-refractivity contribution < 1.29 is 23.2 Å². The number of alkyl halides is 1. The smallest absolute Gasteiger partial charge is 0.294 e. The molecular weight excluding hydrogens is 458 g/mol. The van der Waals surface area contributed by atoms with Gasteiger partial charge in [-0.3, -0.25) is 19.5 Å². The molecule has 11 heteroatoms. The molecule has 0 unspecified atom stereocenters. The van der Waals surface area contributed by atoms with E-state index in [1.165, 1.54) is 22.8 Å². The van der Waals surface area contributed by atoms with E-state index in [1.807, 2.05) is 0 Å². The summed E-state index contributed by atoms with van der Waals surface area (Å²) in [6.45, 7) is 5.43. The van der Waals surface area contributed by atoms with E-state index in [-0.39, 0.29) is 23.4 Å². The zero-order valence-corrected chi connectivity index (χ0v) is 19.9. The molecular formula is C24H26F2N6O3. The first-order valence-electron chi connectivity index (χ1n) is 11.2. The van der Waals surface area contributed by atoms with Gasteiger partial charge in [0.1, 0.15) is 23.9 Å². The highest BCUT2D eigenvalue weighted by Gasteiger charge is 2.50. The third-order valence-electron chi connectivity index (χ3n) is 6.27. The lowest BCUT2D eigenvalue weighted by Gasteiger charge is -2.14. The fourth-order valence-electron chi connectivity index (χ4n) is 4.27. The summed E-state index contributed by atoms with van der Waals surface area (Å²) in [6, 6.07) is 4.14. The molecule has 0 bridgehead atoms. The summed E-state index contributed by atoms with van der Waals surface area (Å²) in [5, 5.41) is 12.2. The summed E-state index contributed by atoms with van der Waals surface area (Å²) in [5.41, 5.74) is 0.605. The van der Waals surface area contributed by atoms with Crippen molar-refractivity contribution in [3.63, 3.8) is 0 Å². The van der Waals surface area contributed by atoms with Gasteiger partial charge in [0.25, 0.3) is 17.6 Å². The van der Waals surface area contributed by atoms with E-state index in [4.69, 9.17) is 0 Å². The third-order valence-corrected chi connectivity index (χ3v) is 6.27. The van der Waals surface area contributed by atoms with Gasteiger partial charge in [-0.2, -0.15) is 5.10 Å². The number of ketones is 1. The zero-order valence-electron chi connectivity index (χ0n) is 19.9. The van der Waals surface area contributed by atoms with Gasteiger partial charge in [-0.05, 0) is 69.9 Å². The lowest BCUT2D eigenvalue weighted by atomic mass is 10.1. The topological polar surface area (TPSA) is 122 Å². The van der Waals surface area contributed by atoms with Crippen LogP contribution < -0.4 is 10.6 Å². The zero-order chi connectivity index (χ0) is 25.5. The molecule has 0 atom stereocenters. The minimum atomic E-state index is -0.883. The first-order chi connectivity index (χ1) is 16.6. The van der Waals surface area contributed by atoms with E-state index >= 15 is 0 Å². The van der Waals surface area contributed by atoms with Crippen LogP contribution in [0.15, 0.2) is 18.2 Å². The number of aryl methyl sites for hydroxylation is 2. The van der Waals surface area contributed by atoms with Gasteiger partial charge in [-0.25, -0.2) is 13.8 Å². The summed E-state index contributed by atoms with van der Waals surface area (Å²) in [5.74, 6) is -1.73. The number of benzene rings is 1. The molecule has 3 N–H and O–H groups in total. The second kappa shape index (κ2) is 9.05. The number of Topliss-reactive ketones (excluding diaryl/α,β-unsaturated/α-hetero) is 1. The van der Waals surface area contributed by atoms with Crippen molar-refractivity contribution in [1.82, 2.24) is 25.1 Å². The standard InChI is InChI=1S/C24H26F2N6O3/c1-12-11-16(5-6-17(12)26)28-21(34)18-13(2)19(32(10-9-25)14(18)3)20(33)22(35)29-24(7-8-24)23-27-15(4)30-31-23/h5-6,11H,7-10H2,1-4H3,(H,28,34)(H,29,35)(H,27,30,31). The van der Waals surface area contributed by atoms with Crippen LogP contribution in [0.1, 0.15) is 62.2 Å². The van der Waals surface area contributed by atoms with Crippen molar-refractivity contribution in [2.75, 3.05) is 12.0 Å². The molecule has 1 aromatic carbocycles. The van der Waals surface area contributed by atoms with Gasteiger partial charge < -0.3 is 15.2 Å².